The van der Waals surface area contributed by atoms with Crippen LogP contribution < -0.4 is 4.90 Å². The van der Waals surface area contributed by atoms with E-state index in [1.807, 2.05) is 43.3 Å². The predicted molar refractivity (Wildman–Crippen MR) is 245 cm³/mol. The summed E-state index contributed by atoms with van der Waals surface area (Å²) in [6.07, 6.45) is 8.03. The molecule has 0 unspecified atom stereocenters. The van der Waals surface area contributed by atoms with Gasteiger partial charge in [0.15, 0.2) is 0 Å². The van der Waals surface area contributed by atoms with Gasteiger partial charge >= 0.3 is 0 Å². The van der Waals surface area contributed by atoms with Crippen molar-refractivity contribution in [1.29, 1.82) is 0 Å². The molecule has 2 heterocycles. The summed E-state index contributed by atoms with van der Waals surface area (Å²) in [5.41, 5.74) is 15.9. The van der Waals surface area contributed by atoms with Crippen molar-refractivity contribution in [2.75, 3.05) is 4.90 Å². The van der Waals surface area contributed by atoms with Gasteiger partial charge in [0.05, 0.1) is 0 Å². The zero-order valence-electron chi connectivity index (χ0n) is 32.1. The highest BCUT2D eigenvalue weighted by Crippen LogP contribution is 2.39. The molecule has 0 bridgehead atoms. The fourth-order valence-electron chi connectivity index (χ4n) is 8.08. The molecule has 0 aliphatic heterocycles. The Balaban J connectivity index is 0.994. The number of anilines is 3. The Kier molecular flexibility index (Phi) is 8.89. The first kappa shape index (κ1) is 34.8. The van der Waals surface area contributed by atoms with Crippen molar-refractivity contribution in [2.45, 2.75) is 6.92 Å². The van der Waals surface area contributed by atoms with Crippen molar-refractivity contribution in [3.63, 3.8) is 0 Å². The van der Waals surface area contributed by atoms with Crippen LogP contribution in [-0.4, -0.2) is 0 Å². The van der Waals surface area contributed by atoms with Crippen molar-refractivity contribution in [3.05, 3.63) is 218 Å². The van der Waals surface area contributed by atoms with Crippen LogP contribution in [0.15, 0.2) is 222 Å². The van der Waals surface area contributed by atoms with Gasteiger partial charge in [-0.15, -0.1) is 0 Å². The Morgan fingerprint density at radius 2 is 0.810 bits per heavy atom. The summed E-state index contributed by atoms with van der Waals surface area (Å²) in [5.74, 6) is 0. The molecule has 10 rings (SSSR count). The van der Waals surface area contributed by atoms with Gasteiger partial charge in [-0.05, 0) is 124 Å². The highest BCUT2D eigenvalue weighted by Gasteiger charge is 2.16. The van der Waals surface area contributed by atoms with E-state index in [0.717, 1.165) is 105 Å². The van der Waals surface area contributed by atoms with Crippen molar-refractivity contribution in [3.8, 4) is 33.4 Å². The lowest BCUT2D eigenvalue weighted by atomic mass is 9.99. The Morgan fingerprint density at radius 1 is 0.431 bits per heavy atom. The summed E-state index contributed by atoms with van der Waals surface area (Å²) in [6.45, 7) is 5.92. The van der Waals surface area contributed by atoms with Crippen LogP contribution in [0.1, 0.15) is 12.5 Å². The molecule has 0 spiro atoms. The number of furan rings is 2. The summed E-state index contributed by atoms with van der Waals surface area (Å²) in [4.78, 5) is 2.31. The molecular formula is C55H39NO2. The van der Waals surface area contributed by atoms with E-state index < -0.39 is 0 Å². The summed E-state index contributed by atoms with van der Waals surface area (Å²) < 4.78 is 12.4. The summed E-state index contributed by atoms with van der Waals surface area (Å²) in [7, 11) is 0. The quantitative estimate of drug-likeness (QED) is 0.138. The van der Waals surface area contributed by atoms with Crippen LogP contribution in [0.4, 0.5) is 17.1 Å². The molecule has 0 atom stereocenters. The molecule has 3 nitrogen and oxygen atoms in total. The first-order valence-electron chi connectivity index (χ1n) is 19.6. The maximum atomic E-state index is 6.22. The van der Waals surface area contributed by atoms with E-state index in [0.29, 0.717) is 0 Å². The monoisotopic (exact) mass is 745 g/mol. The van der Waals surface area contributed by atoms with E-state index in [2.05, 4.69) is 181 Å². The lowest BCUT2D eigenvalue weighted by Crippen LogP contribution is -2.09. The third-order valence-electron chi connectivity index (χ3n) is 11.0. The minimum Gasteiger partial charge on any atom is -0.456 e. The molecule has 8 aromatic carbocycles. The average Bonchev–Trinajstić information content (AvgIpc) is 3.85. The van der Waals surface area contributed by atoms with Crippen LogP contribution >= 0.6 is 0 Å². The van der Waals surface area contributed by atoms with Gasteiger partial charge in [-0.1, -0.05) is 140 Å². The molecule has 0 amide bonds. The molecule has 3 heteroatoms. The van der Waals surface area contributed by atoms with Crippen molar-refractivity contribution >= 4 is 66.5 Å². The molecule has 0 aliphatic carbocycles. The van der Waals surface area contributed by atoms with E-state index in [-0.39, 0.29) is 0 Å². The Labute approximate surface area is 337 Å². The highest BCUT2D eigenvalue weighted by molar-refractivity contribution is 6.07. The maximum Gasteiger partial charge on any atom is 0.136 e. The third kappa shape index (κ3) is 6.39. The van der Waals surface area contributed by atoms with E-state index in [1.54, 1.807) is 0 Å². The van der Waals surface area contributed by atoms with Crippen molar-refractivity contribution in [2.24, 2.45) is 0 Å². The largest absolute Gasteiger partial charge is 0.456 e. The summed E-state index contributed by atoms with van der Waals surface area (Å²) in [6, 6.07) is 64.5. The second-order valence-electron chi connectivity index (χ2n) is 14.5. The van der Waals surface area contributed by atoms with Crippen LogP contribution in [-0.2, 0) is 0 Å². The van der Waals surface area contributed by atoms with E-state index in [4.69, 9.17) is 8.83 Å². The normalized spacial score (nSPS) is 12.0. The van der Waals surface area contributed by atoms with Gasteiger partial charge in [-0.2, -0.15) is 0 Å². The third-order valence-corrected chi connectivity index (χ3v) is 11.0. The van der Waals surface area contributed by atoms with Crippen molar-refractivity contribution in [1.82, 2.24) is 0 Å². The maximum absolute atomic E-state index is 6.22. The topological polar surface area (TPSA) is 29.5 Å². The van der Waals surface area contributed by atoms with Gasteiger partial charge in [0.25, 0.3) is 0 Å². The second-order valence-corrected chi connectivity index (χ2v) is 14.5. The summed E-state index contributed by atoms with van der Waals surface area (Å²) >= 11 is 0. The van der Waals surface area contributed by atoms with Gasteiger partial charge in [0.1, 0.15) is 22.3 Å². The number of allylic oxidation sites excluding steroid dienone is 5. The number of rotatable bonds is 9. The van der Waals surface area contributed by atoms with E-state index >= 15 is 0 Å². The SMILES string of the molecule is C=C/C=C(\C=C/C)c1ccc(-c2ccc(N(c3ccc(-c4ccc5c(c4)oc4ccccc45)cc3)c3ccc(-c4ccc5c(c4)oc4ccccc45)cc3)cc2)cc1. The number of fused-ring (bicyclic) bond motifs is 6. The summed E-state index contributed by atoms with van der Waals surface area (Å²) in [5, 5.41) is 4.53. The van der Waals surface area contributed by atoms with Gasteiger partial charge in [0, 0.05) is 38.6 Å². The van der Waals surface area contributed by atoms with Gasteiger partial charge < -0.3 is 13.7 Å². The van der Waals surface area contributed by atoms with Gasteiger partial charge in [0.2, 0.25) is 0 Å². The van der Waals surface area contributed by atoms with Crippen molar-refractivity contribution < 1.29 is 8.83 Å². The fraction of sp³-hybridized carbons (Fsp3) is 0.0182. The molecule has 2 aromatic heterocycles. The Bertz CT molecular complexity index is 3000. The molecule has 0 saturated carbocycles. The number of nitrogens with zero attached hydrogens (tertiary/aromatic N) is 1. The lowest BCUT2D eigenvalue weighted by Gasteiger charge is -2.26. The van der Waals surface area contributed by atoms with Gasteiger partial charge in [-0.3, -0.25) is 0 Å². The highest BCUT2D eigenvalue weighted by atomic mass is 16.3. The zero-order valence-corrected chi connectivity index (χ0v) is 32.1. The predicted octanol–water partition coefficient (Wildman–Crippen LogP) is 16.1. The smallest absolute Gasteiger partial charge is 0.136 e. The molecule has 0 N–H and O–H groups in total. The number of para-hydroxylation sites is 2. The molecule has 276 valence electrons. The molecular weight excluding hydrogens is 707 g/mol. The molecule has 0 saturated heterocycles. The minimum absolute atomic E-state index is 0.894. The van der Waals surface area contributed by atoms with Gasteiger partial charge in [-0.25, -0.2) is 0 Å². The standard InChI is InChI=1S/C55H39NO2/c1-3-9-37(10-4-2)38-15-17-39(18-16-38)40-19-27-45(28-20-40)56(46-29-21-41(22-30-46)43-25-33-50-48-11-5-7-13-52(48)57-54(50)35-43)47-31-23-42(24-32-47)44-26-34-51-49-12-6-8-14-53(49)58-55(51)36-44/h3-36H,1H2,2H3/b10-4-,37-9+. The first-order chi connectivity index (χ1) is 28.6. The van der Waals surface area contributed by atoms with Crippen LogP contribution in [0.25, 0.3) is 82.8 Å². The molecule has 0 aliphatic rings. The van der Waals surface area contributed by atoms with Crippen LogP contribution in [0, 0.1) is 0 Å². The molecule has 0 radical (unpaired) electrons. The Morgan fingerprint density at radius 3 is 1.24 bits per heavy atom. The molecule has 10 aromatic rings. The second kappa shape index (κ2) is 14.8. The number of benzene rings is 8. The van der Waals surface area contributed by atoms with E-state index in [9.17, 15) is 0 Å². The Hall–Kier alpha value is -7.62. The number of hydrogen-bond acceptors (Lipinski definition) is 3. The molecule has 0 fully saturated rings. The zero-order chi connectivity index (χ0) is 39.0. The molecule has 58 heavy (non-hydrogen) atoms. The van der Waals surface area contributed by atoms with Crippen LogP contribution in [0.5, 0.6) is 0 Å². The van der Waals surface area contributed by atoms with Crippen LogP contribution in [0.3, 0.4) is 0 Å². The lowest BCUT2D eigenvalue weighted by molar-refractivity contribution is 0.668. The fourth-order valence-corrected chi connectivity index (χ4v) is 8.08. The number of hydrogen-bond donors (Lipinski definition) is 0. The van der Waals surface area contributed by atoms with Crippen LogP contribution in [0.2, 0.25) is 0 Å². The average molecular weight is 746 g/mol. The van der Waals surface area contributed by atoms with E-state index in [1.165, 1.54) is 0 Å². The first-order valence-corrected chi connectivity index (χ1v) is 19.6. The minimum atomic E-state index is 0.894.